The molecule has 0 saturated carbocycles. The van der Waals surface area contributed by atoms with Gasteiger partial charge in [0.05, 0.1) is 12.8 Å². The van der Waals surface area contributed by atoms with Gasteiger partial charge < -0.3 is 15.0 Å². The van der Waals surface area contributed by atoms with Gasteiger partial charge in [0.25, 0.3) is 0 Å². The first-order valence-corrected chi connectivity index (χ1v) is 10.7. The predicted octanol–water partition coefficient (Wildman–Crippen LogP) is 4.69. The van der Waals surface area contributed by atoms with E-state index in [1.165, 1.54) is 24.8 Å². The standard InChI is InChI=1S/C22H25BrFN3O2/c1-29-17-7-8-20(19(24)13-17)25-22(28)27-11-2-10-26-12-9-18(21(26)14-27)15-3-5-16(23)6-4-15/h3-8,13,18,21H,2,9-12,14H2,1H3,(H,25,28)/t18-,21+/m1/s1. The lowest BCUT2D eigenvalue weighted by Gasteiger charge is -2.30. The second-order valence-corrected chi connectivity index (χ2v) is 8.54. The zero-order valence-electron chi connectivity index (χ0n) is 16.4. The number of halogens is 2. The molecule has 2 heterocycles. The summed E-state index contributed by atoms with van der Waals surface area (Å²) in [4.78, 5) is 17.2. The van der Waals surface area contributed by atoms with Crippen molar-refractivity contribution in [2.75, 3.05) is 38.6 Å². The zero-order valence-corrected chi connectivity index (χ0v) is 18.0. The predicted molar refractivity (Wildman–Crippen MR) is 115 cm³/mol. The van der Waals surface area contributed by atoms with Crippen LogP contribution in [-0.2, 0) is 0 Å². The van der Waals surface area contributed by atoms with Crippen LogP contribution >= 0.6 is 15.9 Å². The fourth-order valence-corrected chi connectivity index (χ4v) is 4.69. The van der Waals surface area contributed by atoms with Crippen molar-refractivity contribution in [3.05, 3.63) is 58.3 Å². The number of carbonyl (C=O) groups excluding carboxylic acids is 1. The molecule has 2 saturated heterocycles. The largest absolute Gasteiger partial charge is 0.497 e. The van der Waals surface area contributed by atoms with Gasteiger partial charge in [-0.15, -0.1) is 0 Å². The van der Waals surface area contributed by atoms with E-state index in [9.17, 15) is 9.18 Å². The van der Waals surface area contributed by atoms with E-state index in [2.05, 4.69) is 50.4 Å². The number of methoxy groups -OCH3 is 1. The molecule has 2 aliphatic heterocycles. The molecule has 0 aliphatic carbocycles. The Morgan fingerprint density at radius 1 is 1.17 bits per heavy atom. The first kappa shape index (κ1) is 20.2. The van der Waals surface area contributed by atoms with Gasteiger partial charge in [-0.3, -0.25) is 4.90 Å². The Morgan fingerprint density at radius 2 is 1.97 bits per heavy atom. The number of ether oxygens (including phenoxy) is 1. The Hall–Kier alpha value is -2.12. The molecule has 154 valence electrons. The maximum absolute atomic E-state index is 14.3. The van der Waals surface area contributed by atoms with E-state index >= 15 is 0 Å². The number of rotatable bonds is 3. The summed E-state index contributed by atoms with van der Waals surface area (Å²) in [6.45, 7) is 3.35. The van der Waals surface area contributed by atoms with Crippen molar-refractivity contribution in [2.45, 2.75) is 24.8 Å². The Morgan fingerprint density at radius 3 is 2.69 bits per heavy atom. The third-order valence-corrected chi connectivity index (χ3v) is 6.47. The lowest BCUT2D eigenvalue weighted by molar-refractivity contribution is 0.196. The molecule has 2 aliphatic rings. The summed E-state index contributed by atoms with van der Waals surface area (Å²) in [6, 6.07) is 13.0. The van der Waals surface area contributed by atoms with Gasteiger partial charge in [-0.25, -0.2) is 9.18 Å². The fraction of sp³-hybridized carbons (Fsp3) is 0.409. The van der Waals surface area contributed by atoms with Crippen LogP contribution in [0.25, 0.3) is 0 Å². The molecule has 0 bridgehead atoms. The highest BCUT2D eigenvalue weighted by atomic mass is 79.9. The van der Waals surface area contributed by atoms with Crippen molar-refractivity contribution in [3.8, 4) is 5.75 Å². The van der Waals surface area contributed by atoms with Crippen molar-refractivity contribution < 1.29 is 13.9 Å². The number of nitrogens with zero attached hydrogens (tertiary/aromatic N) is 2. The molecule has 0 aromatic heterocycles. The van der Waals surface area contributed by atoms with E-state index in [0.29, 0.717) is 24.8 Å². The molecule has 2 amide bonds. The average molecular weight is 462 g/mol. The second-order valence-electron chi connectivity index (χ2n) is 7.63. The molecule has 0 unspecified atom stereocenters. The third-order valence-electron chi connectivity index (χ3n) is 5.94. The number of benzene rings is 2. The van der Waals surface area contributed by atoms with Gasteiger partial charge in [0, 0.05) is 42.1 Å². The van der Waals surface area contributed by atoms with E-state index in [4.69, 9.17) is 4.74 Å². The molecule has 0 spiro atoms. The molecule has 2 atom stereocenters. The van der Waals surface area contributed by atoms with E-state index < -0.39 is 5.82 Å². The third kappa shape index (κ3) is 4.41. The summed E-state index contributed by atoms with van der Waals surface area (Å²) in [5, 5.41) is 2.73. The highest BCUT2D eigenvalue weighted by molar-refractivity contribution is 9.10. The van der Waals surface area contributed by atoms with Gasteiger partial charge in [0.1, 0.15) is 11.6 Å². The molecule has 29 heavy (non-hydrogen) atoms. The van der Waals surface area contributed by atoms with Gasteiger partial charge >= 0.3 is 6.03 Å². The normalized spacial score (nSPS) is 22.1. The highest BCUT2D eigenvalue weighted by Gasteiger charge is 2.38. The number of hydrogen-bond acceptors (Lipinski definition) is 3. The lowest BCUT2D eigenvalue weighted by atomic mass is 9.91. The van der Waals surface area contributed by atoms with Crippen LogP contribution in [0, 0.1) is 5.82 Å². The van der Waals surface area contributed by atoms with Gasteiger partial charge in [0.15, 0.2) is 0 Å². The van der Waals surface area contributed by atoms with Gasteiger partial charge in [-0.2, -0.15) is 0 Å². The number of fused-ring (bicyclic) bond motifs is 1. The van der Waals surface area contributed by atoms with E-state index in [0.717, 1.165) is 30.4 Å². The van der Waals surface area contributed by atoms with E-state index in [-0.39, 0.29) is 17.8 Å². The highest BCUT2D eigenvalue weighted by Crippen LogP contribution is 2.36. The SMILES string of the molecule is COc1ccc(NC(=O)N2CCCN3CC[C@H](c4ccc(Br)cc4)[C@@H]3C2)c(F)c1. The molecule has 7 heteroatoms. The van der Waals surface area contributed by atoms with Crippen LogP contribution in [0.5, 0.6) is 5.75 Å². The summed E-state index contributed by atoms with van der Waals surface area (Å²) >= 11 is 3.50. The lowest BCUT2D eigenvalue weighted by Crippen LogP contribution is -2.43. The van der Waals surface area contributed by atoms with Crippen LogP contribution in [0.15, 0.2) is 46.9 Å². The first-order chi connectivity index (χ1) is 14.0. The average Bonchev–Trinajstić information content (AvgIpc) is 2.99. The van der Waals surface area contributed by atoms with Crippen LogP contribution < -0.4 is 10.1 Å². The Bertz CT molecular complexity index is 877. The quantitative estimate of drug-likeness (QED) is 0.720. The topological polar surface area (TPSA) is 44.8 Å². The molecule has 0 radical (unpaired) electrons. The molecule has 5 nitrogen and oxygen atoms in total. The number of amides is 2. The van der Waals surface area contributed by atoms with Crippen molar-refractivity contribution in [2.24, 2.45) is 0 Å². The fourth-order valence-electron chi connectivity index (χ4n) is 4.42. The molecule has 1 N–H and O–H groups in total. The summed E-state index contributed by atoms with van der Waals surface area (Å²) in [6.07, 6.45) is 2.01. The molecule has 2 aromatic carbocycles. The molecular weight excluding hydrogens is 437 g/mol. The summed E-state index contributed by atoms with van der Waals surface area (Å²) in [7, 11) is 1.49. The van der Waals surface area contributed by atoms with Crippen LogP contribution in [0.1, 0.15) is 24.3 Å². The maximum atomic E-state index is 14.3. The molecule has 4 rings (SSSR count). The number of anilines is 1. The summed E-state index contributed by atoms with van der Waals surface area (Å²) < 4.78 is 20.3. The van der Waals surface area contributed by atoms with Gasteiger partial charge in [-0.05, 0) is 49.2 Å². The summed E-state index contributed by atoms with van der Waals surface area (Å²) in [5.74, 6) is 0.325. The van der Waals surface area contributed by atoms with Crippen LogP contribution in [-0.4, -0.2) is 55.2 Å². The monoisotopic (exact) mass is 461 g/mol. The minimum absolute atomic E-state index is 0.174. The molecule has 2 aromatic rings. The summed E-state index contributed by atoms with van der Waals surface area (Å²) in [5.41, 5.74) is 1.48. The van der Waals surface area contributed by atoms with Gasteiger partial charge in [0.2, 0.25) is 0 Å². The van der Waals surface area contributed by atoms with Gasteiger partial charge in [-0.1, -0.05) is 28.1 Å². The number of urea groups is 1. The van der Waals surface area contributed by atoms with Crippen molar-refractivity contribution in [3.63, 3.8) is 0 Å². The van der Waals surface area contributed by atoms with E-state index in [1.807, 2.05) is 4.90 Å². The van der Waals surface area contributed by atoms with Crippen LogP contribution in [0.4, 0.5) is 14.9 Å². The van der Waals surface area contributed by atoms with Crippen molar-refractivity contribution >= 4 is 27.6 Å². The van der Waals surface area contributed by atoms with E-state index in [1.54, 1.807) is 6.07 Å². The number of hydrogen-bond donors (Lipinski definition) is 1. The number of nitrogens with one attached hydrogen (secondary N) is 1. The van der Waals surface area contributed by atoms with Crippen LogP contribution in [0.3, 0.4) is 0 Å². The number of carbonyl (C=O) groups is 1. The van der Waals surface area contributed by atoms with Crippen molar-refractivity contribution in [1.82, 2.24) is 9.80 Å². The minimum Gasteiger partial charge on any atom is -0.497 e. The minimum atomic E-state index is -0.497. The first-order valence-electron chi connectivity index (χ1n) is 9.94. The molecule has 2 fully saturated rings. The maximum Gasteiger partial charge on any atom is 0.321 e. The Balaban J connectivity index is 1.48. The van der Waals surface area contributed by atoms with Crippen LogP contribution in [0.2, 0.25) is 0 Å². The van der Waals surface area contributed by atoms with Crippen molar-refractivity contribution in [1.29, 1.82) is 0 Å². The Kier molecular flexibility index (Phi) is 6.06. The Labute approximate surface area is 179 Å². The smallest absolute Gasteiger partial charge is 0.321 e. The molecular formula is C22H25BrFN3O2. The zero-order chi connectivity index (χ0) is 20.4. The second kappa shape index (κ2) is 8.71.